The van der Waals surface area contributed by atoms with E-state index in [1.807, 2.05) is 6.07 Å². The van der Waals surface area contributed by atoms with E-state index in [1.165, 1.54) is 10.7 Å². The van der Waals surface area contributed by atoms with Gasteiger partial charge in [-0.1, -0.05) is 22.9 Å². The van der Waals surface area contributed by atoms with Gasteiger partial charge in [0.25, 0.3) is 0 Å². The van der Waals surface area contributed by atoms with E-state index < -0.39 is 11.9 Å². The van der Waals surface area contributed by atoms with E-state index in [4.69, 9.17) is 11.6 Å². The van der Waals surface area contributed by atoms with Gasteiger partial charge >= 0.3 is 6.18 Å². The van der Waals surface area contributed by atoms with Gasteiger partial charge in [-0.25, -0.2) is 4.68 Å². The van der Waals surface area contributed by atoms with Gasteiger partial charge in [-0.05, 0) is 30.3 Å². The van der Waals surface area contributed by atoms with Crippen molar-refractivity contribution < 1.29 is 13.2 Å². The standard InChI is InChI=1S/C15H11ClF3N5/c16-10-2-1-3-13(6-10)24-9-12(22-23-24)8-21-11-4-5-20-14(7-11)15(17,18)19/h1-7,9H,8H2,(H,20,21). The van der Waals surface area contributed by atoms with Crippen molar-refractivity contribution in [3.05, 3.63) is 65.2 Å². The summed E-state index contributed by atoms with van der Waals surface area (Å²) in [5.41, 5.74) is 0.662. The van der Waals surface area contributed by atoms with Gasteiger partial charge in [0, 0.05) is 16.9 Å². The Bertz CT molecular complexity index is 847. The molecule has 2 heterocycles. The number of halogens is 4. The lowest BCUT2D eigenvalue weighted by Gasteiger charge is -2.08. The lowest BCUT2D eigenvalue weighted by molar-refractivity contribution is -0.141. The van der Waals surface area contributed by atoms with Gasteiger partial charge in [0.1, 0.15) is 11.4 Å². The maximum Gasteiger partial charge on any atom is 0.433 e. The van der Waals surface area contributed by atoms with Crippen LogP contribution < -0.4 is 5.32 Å². The Morgan fingerprint density at radius 1 is 1.17 bits per heavy atom. The van der Waals surface area contributed by atoms with Crippen LogP contribution in [0.2, 0.25) is 5.02 Å². The fraction of sp³-hybridized carbons (Fsp3) is 0.133. The summed E-state index contributed by atoms with van der Waals surface area (Å²) in [4.78, 5) is 3.31. The van der Waals surface area contributed by atoms with Crippen molar-refractivity contribution in [3.63, 3.8) is 0 Å². The first-order valence-corrected chi connectivity index (χ1v) is 7.24. The lowest BCUT2D eigenvalue weighted by atomic mass is 10.3. The van der Waals surface area contributed by atoms with Crippen molar-refractivity contribution in [1.82, 2.24) is 20.0 Å². The third kappa shape index (κ3) is 3.83. The maximum absolute atomic E-state index is 12.6. The molecule has 0 radical (unpaired) electrons. The fourth-order valence-electron chi connectivity index (χ4n) is 2.01. The summed E-state index contributed by atoms with van der Waals surface area (Å²) >= 11 is 5.92. The molecule has 0 aliphatic heterocycles. The minimum Gasteiger partial charge on any atom is -0.379 e. The van der Waals surface area contributed by atoms with Crippen LogP contribution >= 0.6 is 11.6 Å². The zero-order valence-corrected chi connectivity index (χ0v) is 12.9. The number of alkyl halides is 3. The molecule has 0 aliphatic carbocycles. The third-order valence-electron chi connectivity index (χ3n) is 3.14. The molecule has 24 heavy (non-hydrogen) atoms. The van der Waals surface area contributed by atoms with Crippen molar-refractivity contribution in [2.24, 2.45) is 0 Å². The van der Waals surface area contributed by atoms with Crippen LogP contribution in [-0.2, 0) is 12.7 Å². The van der Waals surface area contributed by atoms with E-state index in [2.05, 4.69) is 20.6 Å². The summed E-state index contributed by atoms with van der Waals surface area (Å²) in [7, 11) is 0. The topological polar surface area (TPSA) is 55.6 Å². The van der Waals surface area contributed by atoms with Gasteiger partial charge in [0.15, 0.2) is 0 Å². The van der Waals surface area contributed by atoms with E-state index in [-0.39, 0.29) is 6.54 Å². The van der Waals surface area contributed by atoms with Crippen LogP contribution in [0.4, 0.5) is 18.9 Å². The van der Waals surface area contributed by atoms with Crippen molar-refractivity contribution in [2.75, 3.05) is 5.32 Å². The van der Waals surface area contributed by atoms with Crippen molar-refractivity contribution in [1.29, 1.82) is 0 Å². The van der Waals surface area contributed by atoms with E-state index in [9.17, 15) is 13.2 Å². The molecule has 1 aromatic carbocycles. The summed E-state index contributed by atoms with van der Waals surface area (Å²) in [6, 6.07) is 9.47. The first-order valence-electron chi connectivity index (χ1n) is 6.86. The minimum absolute atomic E-state index is 0.224. The zero-order chi connectivity index (χ0) is 17.2. The van der Waals surface area contributed by atoms with Crippen molar-refractivity contribution in [3.8, 4) is 5.69 Å². The molecule has 5 nitrogen and oxygen atoms in total. The molecule has 3 rings (SSSR count). The molecule has 1 N–H and O–H groups in total. The van der Waals surface area contributed by atoms with Crippen LogP contribution in [0.15, 0.2) is 48.8 Å². The van der Waals surface area contributed by atoms with Gasteiger partial charge in [-0.15, -0.1) is 5.10 Å². The highest BCUT2D eigenvalue weighted by molar-refractivity contribution is 6.30. The first kappa shape index (κ1) is 16.3. The van der Waals surface area contributed by atoms with Crippen LogP contribution in [0, 0.1) is 0 Å². The SMILES string of the molecule is FC(F)(F)c1cc(NCc2cn(-c3cccc(Cl)c3)nn2)ccn1. The number of hydrogen-bond acceptors (Lipinski definition) is 4. The maximum atomic E-state index is 12.6. The molecule has 2 aromatic heterocycles. The van der Waals surface area contributed by atoms with E-state index in [0.717, 1.165) is 18.0 Å². The highest BCUT2D eigenvalue weighted by Gasteiger charge is 2.32. The van der Waals surface area contributed by atoms with Crippen LogP contribution in [0.5, 0.6) is 0 Å². The highest BCUT2D eigenvalue weighted by Crippen LogP contribution is 2.28. The first-order chi connectivity index (χ1) is 11.4. The number of anilines is 1. The van der Waals surface area contributed by atoms with Gasteiger partial charge in [0.05, 0.1) is 18.4 Å². The lowest BCUT2D eigenvalue weighted by Crippen LogP contribution is -2.09. The van der Waals surface area contributed by atoms with Gasteiger partial charge in [-0.2, -0.15) is 13.2 Å². The number of pyridine rings is 1. The molecule has 0 aliphatic rings. The van der Waals surface area contributed by atoms with Crippen molar-refractivity contribution >= 4 is 17.3 Å². The Labute approximate surface area is 140 Å². The Morgan fingerprint density at radius 2 is 2.00 bits per heavy atom. The monoisotopic (exact) mass is 353 g/mol. The second kappa shape index (κ2) is 6.48. The number of aromatic nitrogens is 4. The summed E-state index contributed by atoms with van der Waals surface area (Å²) in [5, 5.41) is 11.4. The largest absolute Gasteiger partial charge is 0.433 e. The molecular formula is C15H11ClF3N5. The molecule has 0 amide bonds. The average Bonchev–Trinajstić information content (AvgIpc) is 3.01. The molecule has 9 heteroatoms. The predicted molar refractivity (Wildman–Crippen MR) is 82.9 cm³/mol. The van der Waals surface area contributed by atoms with Crippen LogP contribution in [0.1, 0.15) is 11.4 Å². The van der Waals surface area contributed by atoms with E-state index in [0.29, 0.717) is 16.4 Å². The molecule has 0 saturated heterocycles. The Hall–Kier alpha value is -2.61. The number of nitrogens with zero attached hydrogens (tertiary/aromatic N) is 4. The smallest absolute Gasteiger partial charge is 0.379 e. The predicted octanol–water partition coefficient (Wildman–Crippen LogP) is 3.95. The molecule has 3 aromatic rings. The number of rotatable bonds is 4. The van der Waals surface area contributed by atoms with E-state index in [1.54, 1.807) is 24.4 Å². The quantitative estimate of drug-likeness (QED) is 0.771. The van der Waals surface area contributed by atoms with Crippen LogP contribution in [0.25, 0.3) is 5.69 Å². The molecular weight excluding hydrogens is 343 g/mol. The molecule has 0 unspecified atom stereocenters. The summed E-state index contributed by atoms with van der Waals surface area (Å²) < 4.78 is 39.4. The fourth-order valence-corrected chi connectivity index (χ4v) is 2.20. The zero-order valence-electron chi connectivity index (χ0n) is 12.1. The Morgan fingerprint density at radius 3 is 2.75 bits per heavy atom. The molecule has 0 atom stereocenters. The number of benzene rings is 1. The normalized spacial score (nSPS) is 11.5. The van der Waals surface area contributed by atoms with Crippen LogP contribution in [-0.4, -0.2) is 20.0 Å². The molecule has 0 fully saturated rings. The average molecular weight is 354 g/mol. The Kier molecular flexibility index (Phi) is 4.39. The molecule has 0 spiro atoms. The van der Waals surface area contributed by atoms with Gasteiger partial charge in [-0.3, -0.25) is 4.98 Å². The number of nitrogens with one attached hydrogen (secondary N) is 1. The van der Waals surface area contributed by atoms with Crippen molar-refractivity contribution in [2.45, 2.75) is 12.7 Å². The van der Waals surface area contributed by atoms with Gasteiger partial charge in [0.2, 0.25) is 0 Å². The molecule has 0 saturated carbocycles. The highest BCUT2D eigenvalue weighted by atomic mass is 35.5. The van der Waals surface area contributed by atoms with E-state index >= 15 is 0 Å². The summed E-state index contributed by atoms with van der Waals surface area (Å²) in [6.07, 6.45) is -1.70. The summed E-state index contributed by atoms with van der Waals surface area (Å²) in [5.74, 6) is 0. The summed E-state index contributed by atoms with van der Waals surface area (Å²) in [6.45, 7) is 0.224. The van der Waals surface area contributed by atoms with Crippen LogP contribution in [0.3, 0.4) is 0 Å². The molecule has 0 bridgehead atoms. The second-order valence-corrected chi connectivity index (χ2v) is 5.35. The van der Waals surface area contributed by atoms with Gasteiger partial charge < -0.3 is 5.32 Å². The third-order valence-corrected chi connectivity index (χ3v) is 3.37. The number of hydrogen-bond donors (Lipinski definition) is 1. The molecule has 124 valence electrons. The minimum atomic E-state index is -4.48. The Balaban J connectivity index is 1.70. The second-order valence-electron chi connectivity index (χ2n) is 4.92.